The summed E-state index contributed by atoms with van der Waals surface area (Å²) in [6.07, 6.45) is 5.55. The van der Waals surface area contributed by atoms with Crippen molar-refractivity contribution in [1.29, 1.82) is 0 Å². The van der Waals surface area contributed by atoms with Crippen molar-refractivity contribution in [2.45, 2.75) is 46.6 Å². The van der Waals surface area contributed by atoms with E-state index in [1.165, 1.54) is 11.1 Å². The van der Waals surface area contributed by atoms with E-state index in [4.69, 9.17) is 5.73 Å². The molecule has 0 unspecified atom stereocenters. The Kier molecular flexibility index (Phi) is 5.83. The van der Waals surface area contributed by atoms with Gasteiger partial charge < -0.3 is 10.6 Å². The molecule has 1 heterocycles. The first kappa shape index (κ1) is 19.1. The maximum Gasteiger partial charge on any atom is 0.249 e. The fourth-order valence-electron chi connectivity index (χ4n) is 4.01. The van der Waals surface area contributed by atoms with Crippen LogP contribution < -0.4 is 5.73 Å². The van der Waals surface area contributed by atoms with Crippen molar-refractivity contribution in [1.82, 2.24) is 9.80 Å². The second-order valence-electron chi connectivity index (χ2n) is 8.55. The minimum Gasteiger partial charge on any atom is -0.366 e. The standard InChI is InChI=1S/C22H33N3O/c1-4-24-11-13-25(14-12-24)16-17-5-6-19(21(23)26)20(15-17)18-7-9-22(2,3)10-8-18/h5-7,15H,4,8-14,16H2,1-3H3,(H2,23,26). The Labute approximate surface area is 158 Å². The molecule has 0 aromatic heterocycles. The Balaban J connectivity index is 1.79. The van der Waals surface area contributed by atoms with Crippen LogP contribution in [0, 0.1) is 5.41 Å². The predicted octanol–water partition coefficient (Wildman–Crippen LogP) is 3.52. The number of rotatable bonds is 5. The van der Waals surface area contributed by atoms with Gasteiger partial charge in [-0.1, -0.05) is 32.9 Å². The number of carbonyl (C=O) groups excluding carboxylic acids is 1. The lowest BCUT2D eigenvalue weighted by molar-refractivity contribution is 0.1000. The van der Waals surface area contributed by atoms with Crippen LogP contribution in [0.5, 0.6) is 0 Å². The molecule has 2 aliphatic rings. The van der Waals surface area contributed by atoms with E-state index in [1.54, 1.807) is 0 Å². The van der Waals surface area contributed by atoms with Crippen molar-refractivity contribution in [2.75, 3.05) is 32.7 Å². The Morgan fingerprint density at radius 3 is 2.42 bits per heavy atom. The molecule has 0 spiro atoms. The van der Waals surface area contributed by atoms with Gasteiger partial charge >= 0.3 is 0 Å². The quantitative estimate of drug-likeness (QED) is 0.879. The minimum absolute atomic E-state index is 0.325. The number of carbonyl (C=O) groups is 1. The number of likely N-dealkylation sites (N-methyl/N-ethyl adjacent to an activating group) is 1. The van der Waals surface area contributed by atoms with Crippen LogP contribution in [-0.2, 0) is 6.54 Å². The molecular formula is C22H33N3O. The zero-order valence-corrected chi connectivity index (χ0v) is 16.6. The number of benzene rings is 1. The zero-order chi connectivity index (χ0) is 18.7. The third-order valence-corrected chi connectivity index (χ3v) is 5.99. The number of amides is 1. The SMILES string of the molecule is CCN1CCN(Cc2ccc(C(N)=O)c(C3=CCC(C)(C)CC3)c2)CC1. The average Bonchev–Trinajstić information content (AvgIpc) is 2.62. The molecule has 0 radical (unpaired) electrons. The van der Waals surface area contributed by atoms with Gasteiger partial charge in [-0.3, -0.25) is 9.69 Å². The highest BCUT2D eigenvalue weighted by Gasteiger charge is 2.24. The molecule has 1 saturated heterocycles. The largest absolute Gasteiger partial charge is 0.366 e. The summed E-state index contributed by atoms with van der Waals surface area (Å²) >= 11 is 0. The number of allylic oxidation sites excluding steroid dienone is 2. The summed E-state index contributed by atoms with van der Waals surface area (Å²) in [5, 5.41) is 0. The molecule has 1 aromatic rings. The first-order chi connectivity index (χ1) is 12.4. The van der Waals surface area contributed by atoms with Crippen LogP contribution in [0.4, 0.5) is 0 Å². The zero-order valence-electron chi connectivity index (χ0n) is 16.6. The van der Waals surface area contributed by atoms with Gasteiger partial charge in [0.15, 0.2) is 0 Å². The molecule has 1 aliphatic carbocycles. The highest BCUT2D eigenvalue weighted by atomic mass is 16.1. The molecule has 0 bridgehead atoms. The molecule has 1 aromatic carbocycles. The third-order valence-electron chi connectivity index (χ3n) is 5.99. The molecule has 0 saturated carbocycles. The number of nitrogens with two attached hydrogens (primary N) is 1. The van der Waals surface area contributed by atoms with Gasteiger partial charge in [-0.05, 0) is 60.1 Å². The monoisotopic (exact) mass is 355 g/mol. The lowest BCUT2D eigenvalue weighted by atomic mass is 9.76. The topological polar surface area (TPSA) is 49.6 Å². The summed E-state index contributed by atoms with van der Waals surface area (Å²) in [5.74, 6) is -0.325. The van der Waals surface area contributed by atoms with Crippen molar-refractivity contribution >= 4 is 11.5 Å². The van der Waals surface area contributed by atoms with Gasteiger partial charge in [0.05, 0.1) is 0 Å². The Morgan fingerprint density at radius 1 is 1.15 bits per heavy atom. The summed E-state index contributed by atoms with van der Waals surface area (Å²) in [4.78, 5) is 16.9. The van der Waals surface area contributed by atoms with Crippen LogP contribution in [-0.4, -0.2) is 48.4 Å². The van der Waals surface area contributed by atoms with Gasteiger partial charge in [-0.25, -0.2) is 0 Å². The van der Waals surface area contributed by atoms with Crippen molar-refractivity contribution < 1.29 is 4.79 Å². The fraction of sp³-hybridized carbons (Fsp3) is 0.591. The summed E-state index contributed by atoms with van der Waals surface area (Å²) in [6.45, 7) is 13.4. The van der Waals surface area contributed by atoms with Crippen LogP contribution in [0.15, 0.2) is 24.3 Å². The molecule has 26 heavy (non-hydrogen) atoms. The molecule has 4 heteroatoms. The number of primary amides is 1. The van der Waals surface area contributed by atoms with E-state index in [0.717, 1.165) is 64.1 Å². The number of hydrogen-bond donors (Lipinski definition) is 1. The number of piperazine rings is 1. The average molecular weight is 356 g/mol. The van der Waals surface area contributed by atoms with Crippen molar-refractivity contribution in [3.63, 3.8) is 0 Å². The second kappa shape index (κ2) is 7.93. The molecule has 1 aliphatic heterocycles. The van der Waals surface area contributed by atoms with Gasteiger partial charge in [-0.15, -0.1) is 0 Å². The summed E-state index contributed by atoms with van der Waals surface area (Å²) in [6, 6.07) is 6.20. The minimum atomic E-state index is -0.325. The van der Waals surface area contributed by atoms with Crippen molar-refractivity contribution in [3.8, 4) is 0 Å². The van der Waals surface area contributed by atoms with Gasteiger partial charge in [0.1, 0.15) is 0 Å². The highest BCUT2D eigenvalue weighted by molar-refractivity contribution is 5.98. The molecule has 2 N–H and O–H groups in total. The van der Waals surface area contributed by atoms with E-state index in [-0.39, 0.29) is 5.91 Å². The van der Waals surface area contributed by atoms with Gasteiger partial charge in [0.2, 0.25) is 5.91 Å². The summed E-state index contributed by atoms with van der Waals surface area (Å²) in [7, 11) is 0. The maximum atomic E-state index is 11.9. The van der Waals surface area contributed by atoms with Crippen LogP contribution in [0.25, 0.3) is 5.57 Å². The molecule has 1 amide bonds. The highest BCUT2D eigenvalue weighted by Crippen LogP contribution is 2.39. The smallest absolute Gasteiger partial charge is 0.249 e. The molecule has 4 nitrogen and oxygen atoms in total. The molecular weight excluding hydrogens is 322 g/mol. The predicted molar refractivity (Wildman–Crippen MR) is 108 cm³/mol. The van der Waals surface area contributed by atoms with E-state index >= 15 is 0 Å². The normalized spacial score (nSPS) is 21.4. The lowest BCUT2D eigenvalue weighted by Gasteiger charge is -2.34. The summed E-state index contributed by atoms with van der Waals surface area (Å²) in [5.41, 5.74) is 10.3. The molecule has 0 atom stereocenters. The number of hydrogen-bond acceptors (Lipinski definition) is 3. The molecule has 142 valence electrons. The number of nitrogens with zero attached hydrogens (tertiary/aromatic N) is 2. The Morgan fingerprint density at radius 2 is 1.85 bits per heavy atom. The second-order valence-corrected chi connectivity index (χ2v) is 8.55. The van der Waals surface area contributed by atoms with E-state index in [0.29, 0.717) is 11.0 Å². The Hall–Kier alpha value is -1.65. The van der Waals surface area contributed by atoms with E-state index in [2.05, 4.69) is 48.8 Å². The first-order valence-corrected chi connectivity index (χ1v) is 9.95. The molecule has 1 fully saturated rings. The van der Waals surface area contributed by atoms with Gasteiger partial charge in [-0.2, -0.15) is 0 Å². The van der Waals surface area contributed by atoms with E-state index < -0.39 is 0 Å². The summed E-state index contributed by atoms with van der Waals surface area (Å²) < 4.78 is 0. The fourth-order valence-corrected chi connectivity index (χ4v) is 4.01. The lowest BCUT2D eigenvalue weighted by Crippen LogP contribution is -2.45. The van der Waals surface area contributed by atoms with Crippen LogP contribution in [0.1, 0.15) is 61.5 Å². The van der Waals surface area contributed by atoms with Crippen LogP contribution in [0.3, 0.4) is 0 Å². The third kappa shape index (κ3) is 4.54. The van der Waals surface area contributed by atoms with Crippen LogP contribution in [0.2, 0.25) is 0 Å². The molecule has 3 rings (SSSR count). The first-order valence-electron chi connectivity index (χ1n) is 9.95. The van der Waals surface area contributed by atoms with E-state index in [1.807, 2.05) is 6.07 Å². The van der Waals surface area contributed by atoms with Crippen molar-refractivity contribution in [2.24, 2.45) is 11.1 Å². The van der Waals surface area contributed by atoms with Gasteiger partial charge in [0, 0.05) is 38.3 Å². The van der Waals surface area contributed by atoms with E-state index in [9.17, 15) is 4.79 Å². The Bertz CT molecular complexity index is 685. The van der Waals surface area contributed by atoms with Gasteiger partial charge in [0.25, 0.3) is 0 Å². The maximum absolute atomic E-state index is 11.9. The van der Waals surface area contributed by atoms with Crippen molar-refractivity contribution in [3.05, 3.63) is 41.0 Å². The van der Waals surface area contributed by atoms with Crippen LogP contribution >= 0.6 is 0 Å².